The Morgan fingerprint density at radius 2 is 2.00 bits per heavy atom. The van der Waals surface area contributed by atoms with E-state index < -0.39 is 5.82 Å². The van der Waals surface area contributed by atoms with Crippen molar-refractivity contribution in [3.8, 4) is 5.69 Å². The first-order valence-corrected chi connectivity index (χ1v) is 11.1. The number of hydrogen-bond donors (Lipinski definition) is 2. The van der Waals surface area contributed by atoms with E-state index >= 15 is 0 Å². The number of nitrogens with zero attached hydrogens (tertiary/aromatic N) is 1. The summed E-state index contributed by atoms with van der Waals surface area (Å²) in [4.78, 5) is 28.9. The first-order valence-electron chi connectivity index (χ1n) is 10.3. The van der Waals surface area contributed by atoms with Gasteiger partial charge in [0.1, 0.15) is 5.82 Å². The van der Waals surface area contributed by atoms with Crippen molar-refractivity contribution in [3.63, 3.8) is 0 Å². The van der Waals surface area contributed by atoms with Crippen LogP contribution in [0.2, 0.25) is 5.02 Å². The number of amides is 1. The summed E-state index contributed by atoms with van der Waals surface area (Å²) < 4.78 is 14.9. The van der Waals surface area contributed by atoms with Crippen molar-refractivity contribution in [2.45, 2.75) is 39.2 Å². The molecule has 3 atom stereocenters. The molecule has 2 aromatic carbocycles. The van der Waals surface area contributed by atoms with Crippen LogP contribution in [0.25, 0.3) is 16.6 Å². The standard InChI is InChI=1S/C23H23ClFN3O2S/c1-12-4-3-5-19(13(12)2)26-21(29)14-6-8-16-20(10-14)27-23(31)28(22(16)30)15-7-9-18(25)17(24)11-15/h6-13,19H,3-5H2,1-2H3,(H,26,29)(H,27,31)/t12-,13+,19+/m1/s1. The van der Waals surface area contributed by atoms with Crippen LogP contribution in [0.1, 0.15) is 43.5 Å². The number of aromatic amines is 1. The van der Waals surface area contributed by atoms with E-state index in [4.69, 9.17) is 23.8 Å². The van der Waals surface area contributed by atoms with Crippen LogP contribution in [0.3, 0.4) is 0 Å². The Bertz CT molecular complexity index is 1290. The summed E-state index contributed by atoms with van der Waals surface area (Å²) in [5, 5.41) is 3.41. The minimum atomic E-state index is -0.577. The van der Waals surface area contributed by atoms with Gasteiger partial charge in [-0.1, -0.05) is 38.3 Å². The quantitative estimate of drug-likeness (QED) is 0.515. The Kier molecular flexibility index (Phi) is 5.99. The predicted molar refractivity (Wildman–Crippen MR) is 123 cm³/mol. The van der Waals surface area contributed by atoms with Crippen LogP contribution < -0.4 is 10.9 Å². The minimum Gasteiger partial charge on any atom is -0.349 e. The van der Waals surface area contributed by atoms with Crippen LogP contribution in [-0.4, -0.2) is 21.5 Å². The maximum Gasteiger partial charge on any atom is 0.266 e. The van der Waals surface area contributed by atoms with E-state index in [1.807, 2.05) is 0 Å². The third-order valence-electron chi connectivity index (χ3n) is 6.34. The average Bonchev–Trinajstić information content (AvgIpc) is 2.73. The zero-order valence-corrected chi connectivity index (χ0v) is 18.8. The topological polar surface area (TPSA) is 66.9 Å². The van der Waals surface area contributed by atoms with Crippen LogP contribution in [0.15, 0.2) is 41.2 Å². The normalized spacial score (nSPS) is 21.2. The van der Waals surface area contributed by atoms with Crippen LogP contribution in [0.5, 0.6) is 0 Å². The number of carbonyl (C=O) groups is 1. The fourth-order valence-electron chi connectivity index (χ4n) is 4.26. The molecule has 8 heteroatoms. The zero-order valence-electron chi connectivity index (χ0n) is 17.2. The lowest BCUT2D eigenvalue weighted by atomic mass is 9.78. The number of halogens is 2. The van der Waals surface area contributed by atoms with Crippen molar-refractivity contribution in [1.82, 2.24) is 14.9 Å². The molecular weight excluding hydrogens is 437 g/mol. The van der Waals surface area contributed by atoms with Gasteiger partial charge in [-0.05, 0) is 66.9 Å². The second kappa shape index (κ2) is 8.55. The molecule has 4 rings (SSSR count). The van der Waals surface area contributed by atoms with Gasteiger partial charge in [-0.2, -0.15) is 0 Å². The predicted octanol–water partition coefficient (Wildman–Crippen LogP) is 5.40. The fraction of sp³-hybridized carbons (Fsp3) is 0.348. The summed E-state index contributed by atoms with van der Waals surface area (Å²) in [5.41, 5.74) is 0.924. The van der Waals surface area contributed by atoms with Gasteiger partial charge in [0.05, 0.1) is 21.6 Å². The van der Waals surface area contributed by atoms with E-state index in [0.29, 0.717) is 34.0 Å². The summed E-state index contributed by atoms with van der Waals surface area (Å²) in [6.07, 6.45) is 3.26. The molecular formula is C23H23ClFN3O2S. The van der Waals surface area contributed by atoms with E-state index in [1.54, 1.807) is 18.2 Å². The summed E-state index contributed by atoms with van der Waals surface area (Å²) in [6, 6.07) is 8.99. The van der Waals surface area contributed by atoms with Gasteiger partial charge in [-0.15, -0.1) is 0 Å². The van der Waals surface area contributed by atoms with Crippen molar-refractivity contribution in [2.24, 2.45) is 11.8 Å². The van der Waals surface area contributed by atoms with Crippen LogP contribution in [0, 0.1) is 22.4 Å². The molecule has 31 heavy (non-hydrogen) atoms. The van der Waals surface area contributed by atoms with Gasteiger partial charge in [0.2, 0.25) is 0 Å². The third-order valence-corrected chi connectivity index (χ3v) is 6.92. The Labute approximate surface area is 189 Å². The van der Waals surface area contributed by atoms with Gasteiger partial charge in [0.15, 0.2) is 4.77 Å². The van der Waals surface area contributed by atoms with Crippen LogP contribution in [-0.2, 0) is 0 Å². The molecule has 1 fully saturated rings. The Balaban J connectivity index is 1.69. The van der Waals surface area contributed by atoms with Gasteiger partial charge >= 0.3 is 0 Å². The van der Waals surface area contributed by atoms with Crippen LogP contribution in [0.4, 0.5) is 4.39 Å². The molecule has 0 radical (unpaired) electrons. The molecule has 3 aromatic rings. The number of carbonyl (C=O) groups excluding carboxylic acids is 1. The number of fused-ring (bicyclic) bond motifs is 1. The molecule has 0 unspecified atom stereocenters. The number of aromatic nitrogens is 2. The maximum absolute atomic E-state index is 13.5. The lowest BCUT2D eigenvalue weighted by Gasteiger charge is -2.34. The minimum absolute atomic E-state index is 0.0998. The second-order valence-corrected chi connectivity index (χ2v) is 9.07. The van der Waals surface area contributed by atoms with Gasteiger partial charge in [-0.25, -0.2) is 4.39 Å². The monoisotopic (exact) mass is 459 g/mol. The molecule has 1 amide bonds. The highest BCUT2D eigenvalue weighted by Gasteiger charge is 2.28. The number of rotatable bonds is 3. The Morgan fingerprint density at radius 3 is 2.74 bits per heavy atom. The van der Waals surface area contributed by atoms with Crippen molar-refractivity contribution in [3.05, 3.63) is 67.9 Å². The summed E-state index contributed by atoms with van der Waals surface area (Å²) in [5.74, 6) is 0.247. The second-order valence-electron chi connectivity index (χ2n) is 8.28. The molecule has 0 spiro atoms. The molecule has 0 bridgehead atoms. The molecule has 1 aromatic heterocycles. The summed E-state index contributed by atoms with van der Waals surface area (Å²) in [6.45, 7) is 4.40. The van der Waals surface area contributed by atoms with Crippen molar-refractivity contribution in [2.75, 3.05) is 0 Å². The van der Waals surface area contributed by atoms with E-state index in [2.05, 4.69) is 24.1 Å². The average molecular weight is 460 g/mol. The number of hydrogen-bond acceptors (Lipinski definition) is 3. The number of benzene rings is 2. The third kappa shape index (κ3) is 4.16. The largest absolute Gasteiger partial charge is 0.349 e. The molecule has 162 valence electrons. The van der Waals surface area contributed by atoms with Gasteiger partial charge in [0, 0.05) is 11.6 Å². The van der Waals surface area contributed by atoms with Gasteiger partial charge in [0.25, 0.3) is 11.5 Å². The van der Waals surface area contributed by atoms with Crippen LogP contribution >= 0.6 is 23.8 Å². The lowest BCUT2D eigenvalue weighted by Crippen LogP contribution is -2.43. The maximum atomic E-state index is 13.5. The SMILES string of the molecule is C[C@H]1[C@H](C)CCC[C@@H]1NC(=O)c1ccc2c(=O)n(-c3ccc(F)c(Cl)c3)c(=S)[nH]c2c1. The summed E-state index contributed by atoms with van der Waals surface area (Å²) in [7, 11) is 0. The lowest BCUT2D eigenvalue weighted by molar-refractivity contribution is 0.0891. The molecule has 2 N–H and O–H groups in total. The first-order chi connectivity index (χ1) is 14.8. The van der Waals surface area contributed by atoms with E-state index in [-0.39, 0.29) is 27.3 Å². The molecule has 0 aliphatic heterocycles. The Morgan fingerprint density at radius 1 is 1.23 bits per heavy atom. The van der Waals surface area contributed by atoms with Crippen molar-refractivity contribution >= 4 is 40.6 Å². The highest BCUT2D eigenvalue weighted by molar-refractivity contribution is 7.71. The fourth-order valence-corrected chi connectivity index (χ4v) is 4.73. The van der Waals surface area contributed by atoms with Gasteiger partial charge < -0.3 is 10.3 Å². The van der Waals surface area contributed by atoms with Crippen molar-refractivity contribution < 1.29 is 9.18 Å². The number of H-pyrrole nitrogens is 1. The van der Waals surface area contributed by atoms with Gasteiger partial charge in [-0.3, -0.25) is 14.2 Å². The van der Waals surface area contributed by atoms with E-state index in [1.165, 1.54) is 29.2 Å². The highest BCUT2D eigenvalue weighted by Crippen LogP contribution is 2.29. The molecule has 1 heterocycles. The summed E-state index contributed by atoms with van der Waals surface area (Å²) >= 11 is 11.2. The van der Waals surface area contributed by atoms with E-state index in [9.17, 15) is 14.0 Å². The molecule has 1 aliphatic carbocycles. The molecule has 0 saturated heterocycles. The molecule has 1 aliphatic rings. The highest BCUT2D eigenvalue weighted by atomic mass is 35.5. The number of nitrogens with one attached hydrogen (secondary N) is 2. The first kappa shape index (κ1) is 21.7. The molecule has 1 saturated carbocycles. The Hall–Kier alpha value is -2.51. The van der Waals surface area contributed by atoms with Crippen molar-refractivity contribution in [1.29, 1.82) is 0 Å². The smallest absolute Gasteiger partial charge is 0.266 e. The van der Waals surface area contributed by atoms with E-state index in [0.717, 1.165) is 12.8 Å². The zero-order chi connectivity index (χ0) is 22.3. The molecule has 5 nitrogen and oxygen atoms in total.